The molecule has 2 nitrogen and oxygen atoms in total. The minimum absolute atomic E-state index is 0.108. The second kappa shape index (κ2) is 9.19. The number of aliphatic hydroxyl groups is 1. The first kappa shape index (κ1) is 19.6. The van der Waals surface area contributed by atoms with Crippen molar-refractivity contribution in [3.63, 3.8) is 0 Å². The van der Waals surface area contributed by atoms with Crippen molar-refractivity contribution in [2.45, 2.75) is 44.6 Å². The van der Waals surface area contributed by atoms with E-state index in [0.717, 1.165) is 42.4 Å². The van der Waals surface area contributed by atoms with Crippen LogP contribution >= 0.6 is 0 Å². The smallest absolute Gasteiger partial charge is 0.162 e. The fourth-order valence-corrected chi connectivity index (χ4v) is 4.35. The molecule has 0 fully saturated rings. The van der Waals surface area contributed by atoms with E-state index in [2.05, 4.69) is 36.4 Å². The van der Waals surface area contributed by atoms with E-state index in [1.165, 1.54) is 11.1 Å². The lowest BCUT2D eigenvalue weighted by molar-refractivity contribution is 0.0927. The van der Waals surface area contributed by atoms with Gasteiger partial charge >= 0.3 is 0 Å². The van der Waals surface area contributed by atoms with Crippen molar-refractivity contribution in [3.05, 3.63) is 95.6 Å². The summed E-state index contributed by atoms with van der Waals surface area (Å²) in [4.78, 5) is 12.5. The van der Waals surface area contributed by atoms with Crippen molar-refractivity contribution in [1.29, 1.82) is 0 Å². The van der Waals surface area contributed by atoms with Crippen molar-refractivity contribution in [2.24, 2.45) is 5.92 Å². The van der Waals surface area contributed by atoms with E-state index in [1.54, 1.807) is 0 Å². The lowest BCUT2D eigenvalue weighted by Crippen LogP contribution is -2.12. The molecule has 4 rings (SSSR count). The molecule has 0 spiro atoms. The number of hydrogen-bond acceptors (Lipinski definition) is 2. The molecule has 1 aliphatic carbocycles. The normalized spacial score (nSPS) is 14.5. The highest BCUT2D eigenvalue weighted by Gasteiger charge is 2.21. The Morgan fingerprint density at radius 2 is 1.38 bits per heavy atom. The number of aliphatic hydroxyl groups excluding tert-OH is 1. The third kappa shape index (κ3) is 5.02. The van der Waals surface area contributed by atoms with Crippen molar-refractivity contribution in [3.8, 4) is 11.1 Å². The molecule has 1 unspecified atom stereocenters. The summed E-state index contributed by atoms with van der Waals surface area (Å²) in [7, 11) is 0. The Hall–Kier alpha value is -2.71. The van der Waals surface area contributed by atoms with Crippen LogP contribution in [0.3, 0.4) is 0 Å². The maximum absolute atomic E-state index is 12.5. The van der Waals surface area contributed by atoms with Gasteiger partial charge in [0.2, 0.25) is 0 Å². The summed E-state index contributed by atoms with van der Waals surface area (Å²) in [5.74, 6) is 0.736. The quantitative estimate of drug-likeness (QED) is 0.493. The van der Waals surface area contributed by atoms with E-state index in [-0.39, 0.29) is 5.78 Å². The predicted octanol–water partition coefficient (Wildman–Crippen LogP) is 5.87. The standard InChI is InChI=1S/C27H28O2/c28-26(15-10-20-18-24-8-4-5-9-25(24)19-20)16-17-27(29)23-13-11-22(12-14-23)21-6-2-1-3-7-21/h1-9,11-14,20,26,28H,10,15-19H2. The van der Waals surface area contributed by atoms with Crippen LogP contribution in [-0.4, -0.2) is 17.0 Å². The molecule has 0 aromatic heterocycles. The summed E-state index contributed by atoms with van der Waals surface area (Å²) in [6.07, 6.45) is 4.58. The Bertz CT molecular complexity index is 919. The number of fused-ring (bicyclic) bond motifs is 1. The molecule has 3 aromatic carbocycles. The van der Waals surface area contributed by atoms with Gasteiger partial charge in [-0.05, 0) is 60.3 Å². The van der Waals surface area contributed by atoms with Crippen LogP contribution in [0.15, 0.2) is 78.9 Å². The van der Waals surface area contributed by atoms with Gasteiger partial charge in [0.25, 0.3) is 0 Å². The Morgan fingerprint density at radius 1 is 0.793 bits per heavy atom. The zero-order chi connectivity index (χ0) is 20.1. The van der Waals surface area contributed by atoms with Gasteiger partial charge in [-0.15, -0.1) is 0 Å². The number of hydrogen-bond donors (Lipinski definition) is 1. The lowest BCUT2D eigenvalue weighted by atomic mass is 9.95. The van der Waals surface area contributed by atoms with Crippen molar-refractivity contribution >= 4 is 5.78 Å². The van der Waals surface area contributed by atoms with Gasteiger partial charge in [-0.3, -0.25) is 4.79 Å². The molecule has 0 amide bonds. The summed E-state index contributed by atoms with van der Waals surface area (Å²) in [5, 5.41) is 10.4. The third-order valence-electron chi connectivity index (χ3n) is 6.06. The van der Waals surface area contributed by atoms with Crippen LogP contribution in [0.1, 0.15) is 47.2 Å². The minimum Gasteiger partial charge on any atom is -0.393 e. The largest absolute Gasteiger partial charge is 0.393 e. The van der Waals surface area contributed by atoms with Crippen LogP contribution in [-0.2, 0) is 12.8 Å². The molecule has 1 aliphatic rings. The van der Waals surface area contributed by atoms with Crippen LogP contribution < -0.4 is 0 Å². The first-order valence-corrected chi connectivity index (χ1v) is 10.6. The highest BCUT2D eigenvalue weighted by atomic mass is 16.3. The van der Waals surface area contributed by atoms with Crippen LogP contribution in [0.2, 0.25) is 0 Å². The summed E-state index contributed by atoms with van der Waals surface area (Å²) in [6.45, 7) is 0. The van der Waals surface area contributed by atoms with Crippen LogP contribution in [0.5, 0.6) is 0 Å². The molecule has 1 N–H and O–H groups in total. The monoisotopic (exact) mass is 384 g/mol. The van der Waals surface area contributed by atoms with Crippen molar-refractivity contribution < 1.29 is 9.90 Å². The highest BCUT2D eigenvalue weighted by molar-refractivity contribution is 5.96. The molecule has 0 saturated heterocycles. The van der Waals surface area contributed by atoms with Gasteiger partial charge in [-0.2, -0.15) is 0 Å². The molecule has 3 aromatic rings. The average molecular weight is 385 g/mol. The number of Topliss-reactive ketones (excluding diaryl/α,β-unsaturated/α-hetero) is 1. The number of ketones is 1. The Labute approximate surface area is 173 Å². The third-order valence-corrected chi connectivity index (χ3v) is 6.06. The Balaban J connectivity index is 1.22. The van der Waals surface area contributed by atoms with Crippen molar-refractivity contribution in [1.82, 2.24) is 0 Å². The summed E-state index contributed by atoms with van der Waals surface area (Å²) in [5.41, 5.74) is 5.90. The van der Waals surface area contributed by atoms with E-state index >= 15 is 0 Å². The fraction of sp³-hybridized carbons (Fsp3) is 0.296. The van der Waals surface area contributed by atoms with E-state index in [4.69, 9.17) is 0 Å². The van der Waals surface area contributed by atoms with Crippen LogP contribution in [0, 0.1) is 5.92 Å². The van der Waals surface area contributed by atoms with Crippen molar-refractivity contribution in [2.75, 3.05) is 0 Å². The van der Waals surface area contributed by atoms with Gasteiger partial charge in [0.05, 0.1) is 6.10 Å². The average Bonchev–Trinajstić information content (AvgIpc) is 3.20. The first-order chi connectivity index (χ1) is 14.2. The molecule has 148 valence electrons. The molecule has 0 bridgehead atoms. The summed E-state index contributed by atoms with van der Waals surface area (Å²) < 4.78 is 0. The SMILES string of the molecule is O=C(CCC(O)CCC1Cc2ccccc2C1)c1ccc(-c2ccccc2)cc1. The zero-order valence-corrected chi connectivity index (χ0v) is 16.8. The van der Waals surface area contributed by atoms with Gasteiger partial charge in [-0.25, -0.2) is 0 Å². The topological polar surface area (TPSA) is 37.3 Å². The highest BCUT2D eigenvalue weighted by Crippen LogP contribution is 2.30. The number of carbonyl (C=O) groups is 1. The van der Waals surface area contributed by atoms with Crippen LogP contribution in [0.25, 0.3) is 11.1 Å². The number of rotatable bonds is 8. The molecular weight excluding hydrogens is 356 g/mol. The zero-order valence-electron chi connectivity index (χ0n) is 16.8. The van der Waals surface area contributed by atoms with Gasteiger partial charge < -0.3 is 5.11 Å². The van der Waals surface area contributed by atoms with E-state index < -0.39 is 6.10 Å². The molecule has 1 atom stereocenters. The molecule has 2 heteroatoms. The Morgan fingerprint density at radius 3 is 2.03 bits per heavy atom. The molecule has 29 heavy (non-hydrogen) atoms. The molecule has 0 radical (unpaired) electrons. The fourth-order valence-electron chi connectivity index (χ4n) is 4.35. The van der Waals surface area contributed by atoms with E-state index in [0.29, 0.717) is 18.8 Å². The second-order valence-electron chi connectivity index (χ2n) is 8.18. The van der Waals surface area contributed by atoms with Crippen LogP contribution in [0.4, 0.5) is 0 Å². The second-order valence-corrected chi connectivity index (χ2v) is 8.18. The Kier molecular flexibility index (Phi) is 6.21. The van der Waals surface area contributed by atoms with Gasteiger partial charge in [0.15, 0.2) is 5.78 Å². The number of carbonyl (C=O) groups excluding carboxylic acids is 1. The predicted molar refractivity (Wildman–Crippen MR) is 118 cm³/mol. The molecular formula is C27H28O2. The minimum atomic E-state index is -0.397. The molecule has 0 aliphatic heterocycles. The maximum atomic E-state index is 12.5. The van der Waals surface area contributed by atoms with Gasteiger partial charge in [0, 0.05) is 12.0 Å². The molecule has 0 heterocycles. The first-order valence-electron chi connectivity index (χ1n) is 10.6. The van der Waals surface area contributed by atoms with Gasteiger partial charge in [-0.1, -0.05) is 78.9 Å². The molecule has 0 saturated carbocycles. The lowest BCUT2D eigenvalue weighted by Gasteiger charge is -2.13. The van der Waals surface area contributed by atoms with E-state index in [9.17, 15) is 9.90 Å². The maximum Gasteiger partial charge on any atom is 0.162 e. The number of benzene rings is 3. The summed E-state index contributed by atoms with van der Waals surface area (Å²) in [6, 6.07) is 26.6. The summed E-state index contributed by atoms with van der Waals surface area (Å²) >= 11 is 0. The van der Waals surface area contributed by atoms with Gasteiger partial charge in [0.1, 0.15) is 0 Å². The van der Waals surface area contributed by atoms with E-state index in [1.807, 2.05) is 42.5 Å².